The smallest absolute Gasteiger partial charge is 0.326 e. The largest absolute Gasteiger partial charge is 0.480 e. The van der Waals surface area contributed by atoms with Gasteiger partial charge in [-0.15, -0.1) is 0 Å². The molecule has 32 heavy (non-hydrogen) atoms. The number of Topliss-reactive ketones (excluding diaryl/α,β-unsaturated/α-hetero) is 1. The van der Waals surface area contributed by atoms with Gasteiger partial charge >= 0.3 is 5.97 Å². The minimum atomic E-state index is -1.09. The molecular formula is C23H45N5O4. The summed E-state index contributed by atoms with van der Waals surface area (Å²) in [5, 5.41) is 15.2. The number of unbranched alkanes of at least 4 members (excludes halogenated alkanes) is 12. The summed E-state index contributed by atoms with van der Waals surface area (Å²) in [4.78, 5) is 34.0. The van der Waals surface area contributed by atoms with Gasteiger partial charge in [-0.25, -0.2) is 10.6 Å². The zero-order valence-corrected chi connectivity index (χ0v) is 19.9. The molecule has 0 saturated carbocycles. The molecule has 0 aromatic rings. The van der Waals surface area contributed by atoms with Crippen molar-refractivity contribution in [2.75, 3.05) is 0 Å². The van der Waals surface area contributed by atoms with Crippen LogP contribution in [0, 0.1) is 0 Å². The maximum absolute atomic E-state index is 11.9. The summed E-state index contributed by atoms with van der Waals surface area (Å²) in [5.41, 5.74) is 2.50. The Bertz CT molecular complexity index is 555. The van der Waals surface area contributed by atoms with Crippen LogP contribution in [0.5, 0.6) is 0 Å². The van der Waals surface area contributed by atoms with Gasteiger partial charge < -0.3 is 26.5 Å². The van der Waals surface area contributed by atoms with Gasteiger partial charge in [-0.2, -0.15) is 5.10 Å². The second-order valence-corrected chi connectivity index (χ2v) is 8.52. The topological polar surface area (TPSA) is 160 Å². The molecule has 0 bridgehead atoms. The van der Waals surface area contributed by atoms with Gasteiger partial charge in [0, 0.05) is 19.3 Å². The van der Waals surface area contributed by atoms with E-state index in [1.807, 2.05) is 0 Å². The predicted molar refractivity (Wildman–Crippen MR) is 128 cm³/mol. The van der Waals surface area contributed by atoms with E-state index in [2.05, 4.69) is 15.8 Å². The summed E-state index contributed by atoms with van der Waals surface area (Å²) in [6, 6.07) is -0.974. The van der Waals surface area contributed by atoms with Crippen LogP contribution in [0.1, 0.15) is 116 Å². The van der Waals surface area contributed by atoms with Crippen LogP contribution in [0.3, 0.4) is 0 Å². The minimum Gasteiger partial charge on any atom is -0.480 e. The molecule has 0 saturated heterocycles. The fourth-order valence-corrected chi connectivity index (χ4v) is 3.57. The Morgan fingerprint density at radius 1 is 0.781 bits per heavy atom. The van der Waals surface area contributed by atoms with Crippen LogP contribution < -0.4 is 22.4 Å². The van der Waals surface area contributed by atoms with Crippen LogP contribution in [0.4, 0.5) is 0 Å². The number of carboxylic acid groups (broad SMARTS) is 1. The number of aliphatic carboxylic acids is 1. The Hall–Kier alpha value is -2.16. The molecule has 1 atom stereocenters. The third kappa shape index (κ3) is 18.6. The number of hydrazine groups is 1. The third-order valence-corrected chi connectivity index (χ3v) is 5.56. The van der Waals surface area contributed by atoms with Crippen LogP contribution in [0.25, 0.3) is 0 Å². The molecule has 0 aromatic carbocycles. The maximum atomic E-state index is 11.9. The molecule has 0 spiro atoms. The Balaban J connectivity index is 3.47. The normalized spacial score (nSPS) is 12.4. The molecule has 0 heterocycles. The van der Waals surface area contributed by atoms with Crippen molar-refractivity contribution in [1.82, 2.24) is 10.7 Å². The van der Waals surface area contributed by atoms with E-state index in [0.29, 0.717) is 12.3 Å². The van der Waals surface area contributed by atoms with Crippen molar-refractivity contribution in [3.8, 4) is 0 Å². The second-order valence-electron chi connectivity index (χ2n) is 8.52. The molecule has 0 aliphatic rings. The number of hydrazone groups is 1. The molecule has 0 aliphatic heterocycles. The van der Waals surface area contributed by atoms with Crippen LogP contribution in [0.2, 0.25) is 0 Å². The van der Waals surface area contributed by atoms with Crippen molar-refractivity contribution in [2.45, 2.75) is 122 Å². The van der Waals surface area contributed by atoms with E-state index in [-0.39, 0.29) is 24.5 Å². The number of carbonyl (C=O) groups is 3. The zero-order chi connectivity index (χ0) is 24.0. The fraction of sp³-hybridized carbons (Fsp3) is 0.826. The molecule has 7 N–H and O–H groups in total. The number of hydrogen-bond donors (Lipinski definition) is 5. The van der Waals surface area contributed by atoms with Crippen LogP contribution in [-0.4, -0.2) is 34.6 Å². The monoisotopic (exact) mass is 455 g/mol. The van der Waals surface area contributed by atoms with Gasteiger partial charge in [0.1, 0.15) is 17.7 Å². The van der Waals surface area contributed by atoms with Crippen molar-refractivity contribution in [2.24, 2.45) is 16.8 Å². The van der Waals surface area contributed by atoms with Gasteiger partial charge in [0.25, 0.3) is 0 Å². The molecular weight excluding hydrogens is 410 g/mol. The summed E-state index contributed by atoms with van der Waals surface area (Å²) in [5.74, 6) is 9.73. The van der Waals surface area contributed by atoms with E-state index in [0.717, 1.165) is 32.1 Å². The molecule has 0 rings (SSSR count). The second kappa shape index (κ2) is 20.7. The molecule has 1 unspecified atom stereocenters. The Kier molecular flexibility index (Phi) is 19.3. The number of hydrogen-bond acceptors (Lipinski definition) is 6. The zero-order valence-electron chi connectivity index (χ0n) is 19.9. The lowest BCUT2D eigenvalue weighted by atomic mass is 10.0. The van der Waals surface area contributed by atoms with Crippen LogP contribution in [0.15, 0.2) is 5.10 Å². The number of nitrogens with zero attached hydrogens (tertiary/aromatic N) is 1. The average molecular weight is 456 g/mol. The minimum absolute atomic E-state index is 0.0740. The van der Waals surface area contributed by atoms with Crippen molar-refractivity contribution in [3.63, 3.8) is 0 Å². The summed E-state index contributed by atoms with van der Waals surface area (Å²) in [6.45, 7) is 1.42. The van der Waals surface area contributed by atoms with Crippen molar-refractivity contribution in [3.05, 3.63) is 0 Å². The van der Waals surface area contributed by atoms with E-state index in [9.17, 15) is 14.4 Å². The lowest BCUT2D eigenvalue weighted by Crippen LogP contribution is -2.40. The van der Waals surface area contributed by atoms with Crippen molar-refractivity contribution >= 4 is 23.5 Å². The van der Waals surface area contributed by atoms with E-state index >= 15 is 0 Å². The highest BCUT2D eigenvalue weighted by molar-refractivity contribution is 5.84. The highest BCUT2D eigenvalue weighted by atomic mass is 16.4. The molecule has 186 valence electrons. The number of amides is 1. The van der Waals surface area contributed by atoms with Gasteiger partial charge in [0.15, 0.2) is 0 Å². The summed E-state index contributed by atoms with van der Waals surface area (Å²) < 4.78 is 0. The van der Waals surface area contributed by atoms with E-state index in [1.54, 1.807) is 0 Å². The van der Waals surface area contributed by atoms with Gasteiger partial charge in [-0.3, -0.25) is 4.79 Å². The first-order valence-electron chi connectivity index (χ1n) is 12.2. The highest BCUT2D eigenvalue weighted by Gasteiger charge is 2.19. The summed E-state index contributed by atoms with van der Waals surface area (Å²) in [7, 11) is 0. The van der Waals surface area contributed by atoms with Gasteiger partial charge in [-0.05, 0) is 26.2 Å². The summed E-state index contributed by atoms with van der Waals surface area (Å²) in [6.07, 6.45) is 16.6. The lowest BCUT2D eigenvalue weighted by Gasteiger charge is -2.13. The highest BCUT2D eigenvalue weighted by Crippen LogP contribution is 2.13. The van der Waals surface area contributed by atoms with E-state index in [1.165, 1.54) is 64.7 Å². The average Bonchev–Trinajstić information content (AvgIpc) is 2.76. The fourth-order valence-electron chi connectivity index (χ4n) is 3.57. The van der Waals surface area contributed by atoms with E-state index in [4.69, 9.17) is 16.8 Å². The predicted octanol–water partition coefficient (Wildman–Crippen LogP) is 3.51. The number of amidine groups is 1. The van der Waals surface area contributed by atoms with Crippen LogP contribution >= 0.6 is 0 Å². The Morgan fingerprint density at radius 2 is 1.22 bits per heavy atom. The lowest BCUT2D eigenvalue weighted by molar-refractivity contribution is -0.142. The Morgan fingerprint density at radius 3 is 1.59 bits per heavy atom. The van der Waals surface area contributed by atoms with Gasteiger partial charge in [-0.1, -0.05) is 70.6 Å². The third-order valence-electron chi connectivity index (χ3n) is 5.56. The molecule has 0 aromatic heterocycles. The molecule has 0 radical (unpaired) electrons. The van der Waals surface area contributed by atoms with Crippen molar-refractivity contribution in [1.29, 1.82) is 0 Å². The number of nitrogens with two attached hydrogens (primary N) is 2. The summed E-state index contributed by atoms with van der Waals surface area (Å²) >= 11 is 0. The molecule has 9 nitrogen and oxygen atoms in total. The number of carboxylic acids is 1. The number of rotatable bonds is 21. The first kappa shape index (κ1) is 29.8. The number of ketones is 1. The number of nitrogens with one attached hydrogen (secondary N) is 2. The van der Waals surface area contributed by atoms with Crippen LogP contribution in [-0.2, 0) is 14.4 Å². The Labute approximate surface area is 193 Å². The molecule has 0 aliphatic carbocycles. The quantitative estimate of drug-likeness (QED) is 0.0582. The standard InChI is InChI=1S/C23H45N5O4/c1-19(29)17-18-20(23(31)32)26-22(30)16-14-12-10-8-6-4-2-3-5-7-9-11-13-15-21(27-24)28-25/h20H,2-18,24-25H2,1H3,(H,26,30)(H,27,28)(H,31,32). The number of carbonyl (C=O) groups excluding carboxylic acids is 2. The maximum Gasteiger partial charge on any atom is 0.326 e. The van der Waals surface area contributed by atoms with Gasteiger partial charge in [0.2, 0.25) is 5.91 Å². The van der Waals surface area contributed by atoms with E-state index < -0.39 is 12.0 Å². The molecule has 1 amide bonds. The van der Waals surface area contributed by atoms with Gasteiger partial charge in [0.05, 0.1) is 0 Å². The SMILES string of the molecule is CC(=O)CCC(NC(=O)CCCCCCCCCCCCCCC/C(=N\N)NN)C(=O)O. The first-order chi connectivity index (χ1) is 15.4. The molecule has 0 fully saturated rings. The molecule has 9 heteroatoms. The first-order valence-corrected chi connectivity index (χ1v) is 12.2. The van der Waals surface area contributed by atoms with Crippen molar-refractivity contribution < 1.29 is 19.5 Å².